The molecule has 20 heavy (non-hydrogen) atoms. The predicted octanol–water partition coefficient (Wildman–Crippen LogP) is 2.18. The Kier molecular flexibility index (Phi) is 4.49. The molecule has 0 unspecified atom stereocenters. The van der Waals surface area contributed by atoms with E-state index in [2.05, 4.69) is 9.97 Å². The molecule has 0 saturated heterocycles. The van der Waals surface area contributed by atoms with E-state index in [1.807, 2.05) is 6.92 Å². The Morgan fingerprint density at radius 1 is 1.45 bits per heavy atom. The van der Waals surface area contributed by atoms with Gasteiger partial charge in [-0.05, 0) is 20.8 Å². The number of ether oxygens (including phenoxy) is 1. The van der Waals surface area contributed by atoms with Crippen LogP contribution in [0, 0.1) is 13.8 Å². The molecular formula is C13H16N2O4S. The van der Waals surface area contributed by atoms with Gasteiger partial charge in [0.05, 0.1) is 13.0 Å². The Hall–Kier alpha value is -1.76. The number of furan rings is 1. The zero-order chi connectivity index (χ0) is 14.7. The largest absolute Gasteiger partial charge is 0.466 e. The van der Waals surface area contributed by atoms with Gasteiger partial charge in [-0.1, -0.05) is 11.8 Å². The lowest BCUT2D eigenvalue weighted by molar-refractivity contribution is -0.142. The number of nitrogens with zero attached hydrogens (tertiary/aromatic N) is 1. The highest BCUT2D eigenvalue weighted by Crippen LogP contribution is 2.22. The molecule has 0 radical (unpaired) electrons. The number of aryl methyl sites for hydroxylation is 2. The first-order valence-corrected chi connectivity index (χ1v) is 7.30. The van der Waals surface area contributed by atoms with Gasteiger partial charge in [0.25, 0.3) is 5.56 Å². The van der Waals surface area contributed by atoms with Gasteiger partial charge in [0, 0.05) is 11.3 Å². The van der Waals surface area contributed by atoms with Crippen molar-refractivity contribution in [2.75, 3.05) is 12.4 Å². The molecule has 108 valence electrons. The van der Waals surface area contributed by atoms with E-state index < -0.39 is 0 Å². The van der Waals surface area contributed by atoms with Gasteiger partial charge >= 0.3 is 5.97 Å². The van der Waals surface area contributed by atoms with Crippen LogP contribution in [0.1, 0.15) is 24.7 Å². The van der Waals surface area contributed by atoms with Crippen LogP contribution in [0.3, 0.4) is 0 Å². The van der Waals surface area contributed by atoms with Crippen molar-refractivity contribution in [2.45, 2.75) is 32.3 Å². The Morgan fingerprint density at radius 2 is 2.20 bits per heavy atom. The highest BCUT2D eigenvalue weighted by Gasteiger charge is 2.14. The van der Waals surface area contributed by atoms with E-state index in [0.717, 1.165) is 5.56 Å². The molecule has 0 atom stereocenters. The summed E-state index contributed by atoms with van der Waals surface area (Å²) in [6.07, 6.45) is 0.274. The van der Waals surface area contributed by atoms with E-state index in [-0.39, 0.29) is 17.9 Å². The molecule has 2 rings (SSSR count). The van der Waals surface area contributed by atoms with Gasteiger partial charge in [-0.15, -0.1) is 0 Å². The summed E-state index contributed by atoms with van der Waals surface area (Å²) >= 11 is 1.29. The minimum absolute atomic E-state index is 0.219. The number of nitrogens with one attached hydrogen (secondary N) is 1. The van der Waals surface area contributed by atoms with Gasteiger partial charge in [-0.3, -0.25) is 9.59 Å². The van der Waals surface area contributed by atoms with Crippen LogP contribution >= 0.6 is 11.8 Å². The monoisotopic (exact) mass is 296 g/mol. The van der Waals surface area contributed by atoms with Crippen molar-refractivity contribution in [1.82, 2.24) is 9.97 Å². The maximum Gasteiger partial charge on any atom is 0.306 e. The lowest BCUT2D eigenvalue weighted by atomic mass is 10.2. The first-order valence-electron chi connectivity index (χ1n) is 6.31. The Bertz CT molecular complexity index is 689. The fourth-order valence-electron chi connectivity index (χ4n) is 1.77. The van der Waals surface area contributed by atoms with Crippen LogP contribution < -0.4 is 5.56 Å². The predicted molar refractivity (Wildman–Crippen MR) is 76.1 cm³/mol. The zero-order valence-electron chi connectivity index (χ0n) is 11.6. The van der Waals surface area contributed by atoms with E-state index in [1.54, 1.807) is 13.8 Å². The molecule has 2 heterocycles. The summed E-state index contributed by atoms with van der Waals surface area (Å²) in [4.78, 5) is 30.1. The molecule has 0 aromatic carbocycles. The van der Waals surface area contributed by atoms with Crippen molar-refractivity contribution in [3.05, 3.63) is 21.7 Å². The van der Waals surface area contributed by atoms with E-state index in [1.165, 1.54) is 11.8 Å². The quantitative estimate of drug-likeness (QED) is 0.517. The van der Waals surface area contributed by atoms with Crippen LogP contribution in [0.5, 0.6) is 0 Å². The van der Waals surface area contributed by atoms with Crippen molar-refractivity contribution in [3.8, 4) is 0 Å². The van der Waals surface area contributed by atoms with Gasteiger partial charge in [-0.25, -0.2) is 0 Å². The second-order valence-corrected chi connectivity index (χ2v) is 5.32. The van der Waals surface area contributed by atoms with E-state index >= 15 is 0 Å². The molecule has 2 aromatic heterocycles. The van der Waals surface area contributed by atoms with Crippen molar-refractivity contribution in [2.24, 2.45) is 0 Å². The number of carbonyl (C=O) groups excluding carboxylic acids is 1. The summed E-state index contributed by atoms with van der Waals surface area (Å²) in [6, 6.07) is 0. The van der Waals surface area contributed by atoms with Gasteiger partial charge < -0.3 is 14.1 Å². The average molecular weight is 296 g/mol. The number of aromatic nitrogens is 2. The molecule has 0 spiro atoms. The van der Waals surface area contributed by atoms with Gasteiger partial charge in [0.1, 0.15) is 11.1 Å². The number of hydrogen-bond acceptors (Lipinski definition) is 6. The smallest absolute Gasteiger partial charge is 0.306 e. The number of H-pyrrole nitrogens is 1. The molecule has 6 nitrogen and oxygen atoms in total. The van der Waals surface area contributed by atoms with Gasteiger partial charge in [0.2, 0.25) is 5.71 Å². The van der Waals surface area contributed by atoms with Gasteiger partial charge in [-0.2, -0.15) is 4.98 Å². The Morgan fingerprint density at radius 3 is 2.90 bits per heavy atom. The highest BCUT2D eigenvalue weighted by atomic mass is 32.2. The third-order valence-corrected chi connectivity index (χ3v) is 3.74. The average Bonchev–Trinajstić information content (AvgIpc) is 2.65. The summed E-state index contributed by atoms with van der Waals surface area (Å²) in [5.74, 6) is 0.922. The second kappa shape index (κ2) is 6.13. The number of fused-ring (bicyclic) bond motifs is 1. The third kappa shape index (κ3) is 3.04. The molecule has 0 aliphatic rings. The number of esters is 1. The van der Waals surface area contributed by atoms with Crippen molar-refractivity contribution in [3.63, 3.8) is 0 Å². The van der Waals surface area contributed by atoms with Gasteiger partial charge in [0.15, 0.2) is 5.16 Å². The molecule has 7 heteroatoms. The minimum atomic E-state index is -0.256. The van der Waals surface area contributed by atoms with Crippen molar-refractivity contribution >= 4 is 28.8 Å². The fraction of sp³-hybridized carbons (Fsp3) is 0.462. The summed E-state index contributed by atoms with van der Waals surface area (Å²) < 4.78 is 10.3. The molecule has 0 aliphatic heterocycles. The zero-order valence-corrected chi connectivity index (χ0v) is 12.4. The molecule has 0 amide bonds. The molecule has 2 aromatic rings. The SMILES string of the molecule is CCOC(=O)CCSc1nc2oc(C)c(C)c2c(=O)[nH]1. The molecule has 0 saturated carbocycles. The number of thioether (sulfide) groups is 1. The van der Waals surface area contributed by atoms with Crippen molar-refractivity contribution in [1.29, 1.82) is 0 Å². The van der Waals surface area contributed by atoms with Crippen LogP contribution in [-0.4, -0.2) is 28.3 Å². The molecule has 1 N–H and O–H groups in total. The van der Waals surface area contributed by atoms with Crippen LogP contribution in [0.15, 0.2) is 14.4 Å². The summed E-state index contributed by atoms with van der Waals surface area (Å²) in [6.45, 7) is 5.75. The maximum absolute atomic E-state index is 12.0. The number of aromatic amines is 1. The third-order valence-electron chi connectivity index (χ3n) is 2.87. The maximum atomic E-state index is 12.0. The van der Waals surface area contributed by atoms with Crippen LogP contribution in [0.2, 0.25) is 0 Å². The normalized spacial score (nSPS) is 10.9. The number of rotatable bonds is 5. The fourth-order valence-corrected chi connectivity index (χ4v) is 2.54. The molecule has 0 fully saturated rings. The van der Waals surface area contributed by atoms with E-state index in [0.29, 0.717) is 34.4 Å². The standard InChI is InChI=1S/C13H16N2O4S/c1-4-18-9(16)5-6-20-13-14-11(17)10-7(2)8(3)19-12(10)15-13/h4-6H2,1-3H3,(H,14,15,17). The lowest BCUT2D eigenvalue weighted by Gasteiger charge is -2.01. The molecular weight excluding hydrogens is 280 g/mol. The summed E-state index contributed by atoms with van der Waals surface area (Å²) in [7, 11) is 0. The van der Waals surface area contributed by atoms with Crippen LogP contribution in [0.4, 0.5) is 0 Å². The van der Waals surface area contributed by atoms with Crippen LogP contribution in [-0.2, 0) is 9.53 Å². The first kappa shape index (κ1) is 14.6. The highest BCUT2D eigenvalue weighted by molar-refractivity contribution is 7.99. The van der Waals surface area contributed by atoms with Crippen molar-refractivity contribution < 1.29 is 13.9 Å². The van der Waals surface area contributed by atoms with E-state index in [4.69, 9.17) is 9.15 Å². The molecule has 0 bridgehead atoms. The number of hydrogen-bond donors (Lipinski definition) is 1. The first-order chi connectivity index (χ1) is 9.52. The Labute approximate surface area is 119 Å². The van der Waals surface area contributed by atoms with E-state index in [9.17, 15) is 9.59 Å². The summed E-state index contributed by atoms with van der Waals surface area (Å²) in [5.41, 5.74) is 0.919. The number of carbonyl (C=O) groups is 1. The second-order valence-electron chi connectivity index (χ2n) is 4.24. The summed E-state index contributed by atoms with van der Waals surface area (Å²) in [5, 5.41) is 0.929. The minimum Gasteiger partial charge on any atom is -0.466 e. The van der Waals surface area contributed by atoms with Crippen LogP contribution in [0.25, 0.3) is 11.1 Å². The topological polar surface area (TPSA) is 85.2 Å². The Balaban J connectivity index is 2.12. The lowest BCUT2D eigenvalue weighted by Crippen LogP contribution is -2.10. The molecule has 0 aliphatic carbocycles.